The summed E-state index contributed by atoms with van der Waals surface area (Å²) in [6.45, 7) is 7.62. The lowest BCUT2D eigenvalue weighted by Crippen LogP contribution is -2.36. The van der Waals surface area contributed by atoms with Gasteiger partial charge in [-0.2, -0.15) is 11.8 Å². The number of hydrogen-bond donors (Lipinski definition) is 0. The second-order valence-corrected chi connectivity index (χ2v) is 10.3. The fraction of sp³-hybridized carbons (Fsp3) is 0.429. The molecule has 6 nitrogen and oxygen atoms in total. The van der Waals surface area contributed by atoms with Crippen LogP contribution in [0.4, 0.5) is 5.82 Å². The van der Waals surface area contributed by atoms with Gasteiger partial charge in [0.25, 0.3) is 11.5 Å². The number of anilines is 1. The van der Waals surface area contributed by atoms with Gasteiger partial charge >= 0.3 is 0 Å². The number of nitrogens with zero attached hydrogens (tertiary/aromatic N) is 4. The Morgan fingerprint density at radius 3 is 2.73 bits per heavy atom. The lowest BCUT2D eigenvalue weighted by Gasteiger charge is -2.29. The number of rotatable bonds is 4. The van der Waals surface area contributed by atoms with Gasteiger partial charge in [0.05, 0.1) is 10.5 Å². The minimum absolute atomic E-state index is 0.0282. The highest BCUT2D eigenvalue weighted by molar-refractivity contribution is 8.26. The van der Waals surface area contributed by atoms with Crippen LogP contribution in [-0.4, -0.2) is 55.1 Å². The van der Waals surface area contributed by atoms with E-state index in [1.54, 1.807) is 21.6 Å². The minimum Gasteiger partial charge on any atom is -0.354 e. The summed E-state index contributed by atoms with van der Waals surface area (Å²) in [4.78, 5) is 35.7. The van der Waals surface area contributed by atoms with E-state index in [0.29, 0.717) is 26.3 Å². The molecule has 2 aliphatic rings. The van der Waals surface area contributed by atoms with Crippen LogP contribution >= 0.6 is 35.7 Å². The molecule has 1 atom stereocenters. The average molecular weight is 461 g/mol. The van der Waals surface area contributed by atoms with Gasteiger partial charge in [-0.3, -0.25) is 18.9 Å². The smallest absolute Gasteiger partial charge is 0.267 e. The molecule has 0 N–H and O–H groups in total. The molecule has 4 heterocycles. The molecule has 158 valence electrons. The quantitative estimate of drug-likeness (QED) is 0.511. The van der Waals surface area contributed by atoms with E-state index in [1.165, 1.54) is 11.8 Å². The predicted molar refractivity (Wildman–Crippen MR) is 131 cm³/mol. The van der Waals surface area contributed by atoms with Crippen LogP contribution in [0.1, 0.15) is 31.4 Å². The molecule has 0 radical (unpaired) electrons. The zero-order chi connectivity index (χ0) is 21.4. The standard InChI is InChI=1S/C21H24N4O2S3/c1-4-14(3)25-20(27)16(30-21(25)28)12-15-18(23-8-10-29-11-9-23)22-17-13(2)6-5-7-24(17)19(15)26/h5-7,12,14H,4,8-11H2,1-3H3/b16-12-. The fourth-order valence-corrected chi connectivity index (χ4v) is 5.96. The molecule has 9 heteroatoms. The molecule has 4 rings (SSSR count). The maximum Gasteiger partial charge on any atom is 0.267 e. The Balaban J connectivity index is 1.88. The molecular weight excluding hydrogens is 436 g/mol. The number of pyridine rings is 1. The van der Waals surface area contributed by atoms with Crippen molar-refractivity contribution < 1.29 is 4.79 Å². The molecule has 0 aromatic carbocycles. The first-order chi connectivity index (χ1) is 14.4. The summed E-state index contributed by atoms with van der Waals surface area (Å²) >= 11 is 8.62. The summed E-state index contributed by atoms with van der Waals surface area (Å²) in [5, 5.41) is 0. The molecule has 2 fully saturated rings. The van der Waals surface area contributed by atoms with Gasteiger partial charge in [-0.15, -0.1) is 0 Å². The number of carbonyl (C=O) groups is 1. The summed E-state index contributed by atoms with van der Waals surface area (Å²) in [6.07, 6.45) is 4.24. The van der Waals surface area contributed by atoms with Crippen LogP contribution in [0.25, 0.3) is 11.7 Å². The number of aryl methyl sites for hydroxylation is 1. The van der Waals surface area contributed by atoms with Gasteiger partial charge < -0.3 is 4.90 Å². The summed E-state index contributed by atoms with van der Waals surface area (Å²) < 4.78 is 2.11. The first-order valence-electron chi connectivity index (χ1n) is 10.0. The van der Waals surface area contributed by atoms with Crippen LogP contribution in [0.15, 0.2) is 28.0 Å². The van der Waals surface area contributed by atoms with Gasteiger partial charge in [0.15, 0.2) is 0 Å². The van der Waals surface area contributed by atoms with Crippen molar-refractivity contribution in [2.75, 3.05) is 29.5 Å². The Bertz CT molecular complexity index is 1110. The zero-order valence-electron chi connectivity index (χ0n) is 17.3. The molecule has 0 aliphatic carbocycles. The van der Waals surface area contributed by atoms with Crippen LogP contribution in [0.3, 0.4) is 0 Å². The Kier molecular flexibility index (Phi) is 6.22. The molecule has 0 bridgehead atoms. The third-order valence-corrected chi connectivity index (χ3v) is 7.78. The van der Waals surface area contributed by atoms with Crippen molar-refractivity contribution in [3.8, 4) is 0 Å². The number of amides is 1. The largest absolute Gasteiger partial charge is 0.354 e. The van der Waals surface area contributed by atoms with E-state index in [-0.39, 0.29) is 17.5 Å². The SMILES string of the molecule is CCC(C)N1C(=O)/C(=C/c2c(N3CCSCC3)nc3c(C)cccn3c2=O)SC1=S. The molecule has 1 unspecified atom stereocenters. The number of carbonyl (C=O) groups excluding carboxylic acids is 1. The van der Waals surface area contributed by atoms with Crippen LogP contribution in [0, 0.1) is 6.92 Å². The maximum absolute atomic E-state index is 13.5. The second-order valence-electron chi connectivity index (χ2n) is 7.45. The monoisotopic (exact) mass is 460 g/mol. The van der Waals surface area contributed by atoms with Gasteiger partial charge in [-0.1, -0.05) is 37.0 Å². The number of aromatic nitrogens is 2. The molecule has 0 spiro atoms. The van der Waals surface area contributed by atoms with Crippen molar-refractivity contribution in [3.05, 3.63) is 44.7 Å². The molecule has 0 saturated carbocycles. The fourth-order valence-electron chi connectivity index (χ4n) is 3.62. The van der Waals surface area contributed by atoms with Gasteiger partial charge in [0.1, 0.15) is 15.8 Å². The highest BCUT2D eigenvalue weighted by atomic mass is 32.2. The summed E-state index contributed by atoms with van der Waals surface area (Å²) in [7, 11) is 0. The van der Waals surface area contributed by atoms with Crippen LogP contribution in [0.2, 0.25) is 0 Å². The molecule has 2 aromatic rings. The Morgan fingerprint density at radius 1 is 1.30 bits per heavy atom. The molecule has 1 amide bonds. The average Bonchev–Trinajstić information content (AvgIpc) is 3.03. The molecule has 2 aromatic heterocycles. The topological polar surface area (TPSA) is 57.9 Å². The lowest BCUT2D eigenvalue weighted by atomic mass is 10.2. The third-order valence-electron chi connectivity index (χ3n) is 5.51. The van der Waals surface area contributed by atoms with Crippen LogP contribution < -0.4 is 10.5 Å². The number of thioether (sulfide) groups is 2. The van der Waals surface area contributed by atoms with Crippen molar-refractivity contribution in [3.63, 3.8) is 0 Å². The summed E-state index contributed by atoms with van der Waals surface area (Å²) in [5.74, 6) is 2.51. The summed E-state index contributed by atoms with van der Waals surface area (Å²) in [5.41, 5.74) is 1.89. The van der Waals surface area contributed by atoms with Crippen molar-refractivity contribution in [1.82, 2.24) is 14.3 Å². The molecular formula is C21H24N4O2S3. The molecule has 2 aliphatic heterocycles. The second kappa shape index (κ2) is 8.72. The number of fused-ring (bicyclic) bond motifs is 1. The minimum atomic E-state index is -0.161. The van der Waals surface area contributed by atoms with Gasteiger partial charge in [-0.25, -0.2) is 4.98 Å². The highest BCUT2D eigenvalue weighted by Gasteiger charge is 2.35. The van der Waals surface area contributed by atoms with E-state index in [4.69, 9.17) is 17.2 Å². The van der Waals surface area contributed by atoms with Crippen molar-refractivity contribution in [1.29, 1.82) is 0 Å². The summed E-state index contributed by atoms with van der Waals surface area (Å²) in [6, 6.07) is 3.82. The van der Waals surface area contributed by atoms with E-state index < -0.39 is 0 Å². The van der Waals surface area contributed by atoms with Crippen molar-refractivity contribution in [2.24, 2.45) is 0 Å². The molecule has 30 heavy (non-hydrogen) atoms. The number of hydrogen-bond acceptors (Lipinski definition) is 7. The first-order valence-corrected chi connectivity index (χ1v) is 12.4. The van der Waals surface area contributed by atoms with Crippen LogP contribution in [-0.2, 0) is 4.79 Å². The normalized spacial score (nSPS) is 19.9. The third kappa shape index (κ3) is 3.78. The Hall–Kier alpha value is -1.84. The molecule has 2 saturated heterocycles. The van der Waals surface area contributed by atoms with E-state index in [0.717, 1.165) is 36.6 Å². The highest BCUT2D eigenvalue weighted by Crippen LogP contribution is 2.35. The maximum atomic E-state index is 13.5. The van der Waals surface area contributed by atoms with E-state index in [1.807, 2.05) is 44.7 Å². The Morgan fingerprint density at radius 2 is 2.03 bits per heavy atom. The zero-order valence-corrected chi connectivity index (χ0v) is 19.7. The van der Waals surface area contributed by atoms with Crippen molar-refractivity contribution in [2.45, 2.75) is 33.2 Å². The van der Waals surface area contributed by atoms with Crippen LogP contribution in [0.5, 0.6) is 0 Å². The number of thiocarbonyl (C=S) groups is 1. The van der Waals surface area contributed by atoms with E-state index >= 15 is 0 Å². The predicted octanol–water partition coefficient (Wildman–Crippen LogP) is 3.56. The van der Waals surface area contributed by atoms with E-state index in [2.05, 4.69) is 4.90 Å². The van der Waals surface area contributed by atoms with Crippen molar-refractivity contribution >= 4 is 63.5 Å². The lowest BCUT2D eigenvalue weighted by molar-refractivity contribution is -0.123. The van der Waals surface area contributed by atoms with Gasteiger partial charge in [-0.05, 0) is 38.0 Å². The van der Waals surface area contributed by atoms with E-state index in [9.17, 15) is 9.59 Å². The first kappa shape index (κ1) is 21.4. The van der Waals surface area contributed by atoms with Gasteiger partial charge in [0, 0.05) is 36.8 Å². The Labute approximate surface area is 189 Å². The van der Waals surface area contributed by atoms with Gasteiger partial charge in [0.2, 0.25) is 0 Å².